The molecule has 0 aliphatic rings. The molecule has 144 valence electrons. The predicted molar refractivity (Wildman–Crippen MR) is 96.6 cm³/mol. The van der Waals surface area contributed by atoms with Crippen LogP contribution in [0.3, 0.4) is 0 Å². The van der Waals surface area contributed by atoms with Gasteiger partial charge in [0.25, 0.3) is 5.56 Å². The van der Waals surface area contributed by atoms with Crippen LogP contribution in [0.15, 0.2) is 35.4 Å². The van der Waals surface area contributed by atoms with E-state index in [2.05, 4.69) is 10.1 Å². The smallest absolute Gasteiger partial charge is 0.314 e. The van der Waals surface area contributed by atoms with Crippen molar-refractivity contribution in [2.45, 2.75) is 39.4 Å². The summed E-state index contributed by atoms with van der Waals surface area (Å²) in [6.07, 6.45) is -1.49. The van der Waals surface area contributed by atoms with Crippen LogP contribution >= 0.6 is 0 Å². The lowest BCUT2D eigenvalue weighted by atomic mass is 9.85. The minimum absolute atomic E-state index is 0.0655. The maximum atomic E-state index is 12.8. The highest BCUT2D eigenvalue weighted by atomic mass is 19.4. The van der Waals surface area contributed by atoms with Crippen molar-refractivity contribution in [1.29, 1.82) is 0 Å². The van der Waals surface area contributed by atoms with Crippen LogP contribution in [0.4, 0.5) is 13.2 Å². The van der Waals surface area contributed by atoms with Crippen LogP contribution in [-0.4, -0.2) is 19.3 Å². The van der Waals surface area contributed by atoms with Gasteiger partial charge in [0, 0.05) is 37.3 Å². The quantitative estimate of drug-likeness (QED) is 0.691. The highest BCUT2D eigenvalue weighted by Gasteiger charge is 2.33. The van der Waals surface area contributed by atoms with E-state index >= 15 is 0 Å². The zero-order valence-corrected chi connectivity index (χ0v) is 15.6. The average molecular weight is 378 g/mol. The van der Waals surface area contributed by atoms with Gasteiger partial charge in [-0.15, -0.1) is 0 Å². The summed E-state index contributed by atoms with van der Waals surface area (Å²) in [6.45, 7) is 6.38. The Hall–Kier alpha value is -2.64. The number of alkyl halides is 3. The summed E-state index contributed by atoms with van der Waals surface area (Å²) in [5.74, 6) is -0.178. The molecule has 3 aromatic heterocycles. The Morgan fingerprint density at radius 1 is 1.19 bits per heavy atom. The van der Waals surface area contributed by atoms with Crippen molar-refractivity contribution < 1.29 is 13.2 Å². The number of hydrogen-bond acceptors (Lipinski definition) is 3. The van der Waals surface area contributed by atoms with E-state index in [0.29, 0.717) is 23.0 Å². The van der Waals surface area contributed by atoms with E-state index in [0.717, 1.165) is 11.8 Å². The lowest BCUT2D eigenvalue weighted by Gasteiger charge is -2.22. The van der Waals surface area contributed by atoms with Crippen molar-refractivity contribution in [2.75, 3.05) is 0 Å². The summed E-state index contributed by atoms with van der Waals surface area (Å²) in [5.41, 5.74) is 0.714. The van der Waals surface area contributed by atoms with E-state index in [4.69, 9.17) is 0 Å². The zero-order chi connectivity index (χ0) is 19.9. The topological polar surface area (TPSA) is 52.7 Å². The van der Waals surface area contributed by atoms with Gasteiger partial charge in [0.05, 0.1) is 5.69 Å². The third-order valence-electron chi connectivity index (χ3n) is 4.75. The SMILES string of the molecule is CCn1ccc2c(C(c3ccc(C(F)(F)F)nc3)C(C)C)n(C)nc2c1=O. The Bertz CT molecular complexity index is 1020. The van der Waals surface area contributed by atoms with Gasteiger partial charge in [0.1, 0.15) is 5.69 Å². The molecule has 1 atom stereocenters. The minimum Gasteiger partial charge on any atom is -0.314 e. The molecule has 3 aromatic rings. The molecule has 0 saturated carbocycles. The second-order valence-corrected chi connectivity index (χ2v) is 6.87. The van der Waals surface area contributed by atoms with Crippen LogP contribution in [0, 0.1) is 5.92 Å². The number of aryl methyl sites for hydroxylation is 2. The lowest BCUT2D eigenvalue weighted by Crippen LogP contribution is -2.18. The van der Waals surface area contributed by atoms with Gasteiger partial charge < -0.3 is 4.57 Å². The third-order valence-corrected chi connectivity index (χ3v) is 4.75. The Morgan fingerprint density at radius 2 is 1.89 bits per heavy atom. The zero-order valence-electron chi connectivity index (χ0n) is 15.6. The first-order valence-corrected chi connectivity index (χ1v) is 8.74. The van der Waals surface area contributed by atoms with E-state index in [1.54, 1.807) is 22.5 Å². The Morgan fingerprint density at radius 3 is 2.41 bits per heavy atom. The van der Waals surface area contributed by atoms with E-state index in [9.17, 15) is 18.0 Å². The molecule has 3 rings (SSSR count). The van der Waals surface area contributed by atoms with Gasteiger partial charge in [0.2, 0.25) is 0 Å². The van der Waals surface area contributed by atoms with Crippen molar-refractivity contribution in [3.8, 4) is 0 Å². The van der Waals surface area contributed by atoms with Crippen LogP contribution in [0.2, 0.25) is 0 Å². The molecule has 0 aliphatic carbocycles. The molecule has 1 unspecified atom stereocenters. The van der Waals surface area contributed by atoms with Gasteiger partial charge >= 0.3 is 6.18 Å². The molecule has 0 spiro atoms. The predicted octanol–water partition coefficient (Wildman–Crippen LogP) is 3.96. The lowest BCUT2D eigenvalue weighted by molar-refractivity contribution is -0.141. The van der Waals surface area contributed by atoms with Gasteiger partial charge in [-0.1, -0.05) is 19.9 Å². The fourth-order valence-corrected chi connectivity index (χ4v) is 3.48. The number of hydrogen-bond donors (Lipinski definition) is 0. The molecule has 0 radical (unpaired) electrons. The van der Waals surface area contributed by atoms with Crippen LogP contribution < -0.4 is 5.56 Å². The van der Waals surface area contributed by atoms with Crippen LogP contribution in [0.5, 0.6) is 0 Å². The van der Waals surface area contributed by atoms with Crippen LogP contribution in [-0.2, 0) is 19.8 Å². The van der Waals surface area contributed by atoms with Crippen molar-refractivity contribution in [1.82, 2.24) is 19.3 Å². The maximum Gasteiger partial charge on any atom is 0.433 e. The molecule has 0 aromatic carbocycles. The normalized spacial score (nSPS) is 13.5. The molecule has 0 N–H and O–H groups in total. The summed E-state index contributed by atoms with van der Waals surface area (Å²) in [4.78, 5) is 16.2. The number of nitrogens with zero attached hydrogens (tertiary/aromatic N) is 4. The summed E-state index contributed by atoms with van der Waals surface area (Å²) in [5, 5.41) is 5.10. The van der Waals surface area contributed by atoms with E-state index in [1.165, 1.54) is 12.3 Å². The molecule has 3 heterocycles. The average Bonchev–Trinajstić information content (AvgIpc) is 2.92. The van der Waals surface area contributed by atoms with Crippen molar-refractivity contribution in [3.05, 3.63) is 57.9 Å². The summed E-state index contributed by atoms with van der Waals surface area (Å²) >= 11 is 0. The largest absolute Gasteiger partial charge is 0.433 e. The van der Waals surface area contributed by atoms with Gasteiger partial charge in [0.15, 0.2) is 5.52 Å². The minimum atomic E-state index is -4.48. The molecule has 0 amide bonds. The first kappa shape index (κ1) is 19.1. The fraction of sp³-hybridized carbons (Fsp3) is 0.421. The molecule has 0 fully saturated rings. The van der Waals surface area contributed by atoms with Crippen molar-refractivity contribution in [2.24, 2.45) is 13.0 Å². The highest BCUT2D eigenvalue weighted by molar-refractivity contribution is 5.81. The number of halogens is 3. The summed E-state index contributed by atoms with van der Waals surface area (Å²) in [6, 6.07) is 4.29. The molecule has 5 nitrogen and oxygen atoms in total. The Kier molecular flexibility index (Phi) is 4.84. The van der Waals surface area contributed by atoms with Crippen molar-refractivity contribution in [3.63, 3.8) is 0 Å². The highest BCUT2D eigenvalue weighted by Crippen LogP contribution is 2.36. The number of pyridine rings is 2. The van der Waals surface area contributed by atoms with Gasteiger partial charge in [-0.3, -0.25) is 14.5 Å². The Balaban J connectivity index is 2.18. The van der Waals surface area contributed by atoms with Gasteiger partial charge in [-0.25, -0.2) is 0 Å². The molecule has 0 bridgehead atoms. The second kappa shape index (κ2) is 6.83. The molecule has 0 aliphatic heterocycles. The molecule has 0 saturated heterocycles. The molecular formula is C19H21F3N4O. The van der Waals surface area contributed by atoms with E-state index in [1.807, 2.05) is 26.8 Å². The first-order valence-electron chi connectivity index (χ1n) is 8.74. The molecular weight excluding hydrogens is 357 g/mol. The van der Waals surface area contributed by atoms with Crippen LogP contribution in [0.25, 0.3) is 10.9 Å². The second-order valence-electron chi connectivity index (χ2n) is 6.87. The monoisotopic (exact) mass is 378 g/mol. The van der Waals surface area contributed by atoms with E-state index in [-0.39, 0.29) is 17.4 Å². The van der Waals surface area contributed by atoms with E-state index < -0.39 is 11.9 Å². The Labute approximate surface area is 154 Å². The van der Waals surface area contributed by atoms with Crippen molar-refractivity contribution >= 4 is 10.9 Å². The summed E-state index contributed by atoms with van der Waals surface area (Å²) < 4.78 is 41.7. The van der Waals surface area contributed by atoms with Gasteiger partial charge in [-0.2, -0.15) is 18.3 Å². The van der Waals surface area contributed by atoms with Gasteiger partial charge in [-0.05, 0) is 30.5 Å². The third kappa shape index (κ3) is 3.36. The summed E-state index contributed by atoms with van der Waals surface area (Å²) in [7, 11) is 1.75. The molecule has 8 heteroatoms. The number of rotatable bonds is 4. The first-order chi connectivity index (χ1) is 12.6. The fourth-order valence-electron chi connectivity index (χ4n) is 3.48. The molecule has 27 heavy (non-hydrogen) atoms. The standard InChI is InChI=1S/C19H21F3N4O/c1-5-26-9-8-13-16(18(26)27)24-25(4)17(13)15(11(2)3)12-6-7-14(23-10-12)19(20,21)22/h6-11,15H,5H2,1-4H3. The maximum absolute atomic E-state index is 12.8. The number of fused-ring (bicyclic) bond motifs is 1. The number of aromatic nitrogens is 4. The van der Waals surface area contributed by atoms with Crippen LogP contribution in [0.1, 0.15) is 43.6 Å².